The SMILES string of the molecule is Cc1c(Cc2ccc(Br)cc2)cc(C(C)c2ccccc2)c(O)c1C=O. The van der Waals surface area contributed by atoms with Crippen LogP contribution < -0.4 is 0 Å². The number of aromatic hydroxyl groups is 1. The third-order valence-corrected chi connectivity index (χ3v) is 5.46. The van der Waals surface area contributed by atoms with Gasteiger partial charge in [0.25, 0.3) is 0 Å². The van der Waals surface area contributed by atoms with E-state index in [1.807, 2.05) is 55.5 Å². The van der Waals surface area contributed by atoms with Crippen molar-refractivity contribution in [2.24, 2.45) is 0 Å². The lowest BCUT2D eigenvalue weighted by atomic mass is 9.86. The van der Waals surface area contributed by atoms with Crippen molar-refractivity contribution < 1.29 is 9.90 Å². The molecule has 0 radical (unpaired) electrons. The minimum Gasteiger partial charge on any atom is -0.507 e. The average Bonchev–Trinajstić information content (AvgIpc) is 2.66. The first-order valence-corrected chi connectivity index (χ1v) is 9.40. The van der Waals surface area contributed by atoms with Gasteiger partial charge in [-0.15, -0.1) is 0 Å². The zero-order valence-electron chi connectivity index (χ0n) is 14.9. The largest absolute Gasteiger partial charge is 0.507 e. The topological polar surface area (TPSA) is 37.3 Å². The molecule has 132 valence electrons. The molecule has 3 heteroatoms. The molecule has 0 aromatic heterocycles. The van der Waals surface area contributed by atoms with Crippen LogP contribution in [-0.2, 0) is 6.42 Å². The molecule has 2 nitrogen and oxygen atoms in total. The van der Waals surface area contributed by atoms with Crippen LogP contribution in [0.2, 0.25) is 0 Å². The smallest absolute Gasteiger partial charge is 0.154 e. The molecule has 0 bridgehead atoms. The molecule has 0 spiro atoms. The summed E-state index contributed by atoms with van der Waals surface area (Å²) in [5.74, 6) is 0.0903. The number of carbonyl (C=O) groups excluding carboxylic acids is 1. The Labute approximate surface area is 162 Å². The Kier molecular flexibility index (Phi) is 5.58. The van der Waals surface area contributed by atoms with Crippen LogP contribution in [0.1, 0.15) is 51.0 Å². The summed E-state index contributed by atoms with van der Waals surface area (Å²) in [6, 6.07) is 20.2. The molecule has 3 aromatic carbocycles. The highest BCUT2D eigenvalue weighted by molar-refractivity contribution is 9.10. The molecule has 3 rings (SSSR count). The maximum absolute atomic E-state index is 11.6. The first kappa shape index (κ1) is 18.4. The molecular formula is C23H21BrO2. The van der Waals surface area contributed by atoms with Crippen molar-refractivity contribution in [1.82, 2.24) is 0 Å². The van der Waals surface area contributed by atoms with Gasteiger partial charge in [-0.1, -0.05) is 71.4 Å². The summed E-state index contributed by atoms with van der Waals surface area (Å²) in [6.07, 6.45) is 1.48. The summed E-state index contributed by atoms with van der Waals surface area (Å²) in [7, 11) is 0. The molecule has 0 fully saturated rings. The van der Waals surface area contributed by atoms with Crippen molar-refractivity contribution in [3.05, 3.63) is 98.5 Å². The second kappa shape index (κ2) is 7.88. The second-order valence-corrected chi connectivity index (χ2v) is 7.48. The highest BCUT2D eigenvalue weighted by atomic mass is 79.9. The van der Waals surface area contributed by atoms with E-state index in [1.54, 1.807) is 0 Å². The van der Waals surface area contributed by atoms with Gasteiger partial charge < -0.3 is 5.11 Å². The number of phenols is 1. The molecular weight excluding hydrogens is 388 g/mol. The third kappa shape index (κ3) is 3.73. The van der Waals surface area contributed by atoms with E-state index < -0.39 is 0 Å². The summed E-state index contributed by atoms with van der Waals surface area (Å²) in [5, 5.41) is 10.7. The van der Waals surface area contributed by atoms with Crippen LogP contribution in [0.5, 0.6) is 5.75 Å². The number of benzene rings is 3. The fourth-order valence-corrected chi connectivity index (χ4v) is 3.54. The van der Waals surface area contributed by atoms with Gasteiger partial charge >= 0.3 is 0 Å². The van der Waals surface area contributed by atoms with Gasteiger partial charge in [0.1, 0.15) is 5.75 Å². The average molecular weight is 409 g/mol. The number of hydrogen-bond acceptors (Lipinski definition) is 2. The fraction of sp³-hybridized carbons (Fsp3) is 0.174. The minimum atomic E-state index is -0.000771. The van der Waals surface area contributed by atoms with Gasteiger partial charge in [-0.25, -0.2) is 0 Å². The van der Waals surface area contributed by atoms with Crippen LogP contribution in [0.3, 0.4) is 0 Å². The second-order valence-electron chi connectivity index (χ2n) is 6.57. The van der Waals surface area contributed by atoms with E-state index >= 15 is 0 Å². The van der Waals surface area contributed by atoms with Gasteiger partial charge in [-0.3, -0.25) is 4.79 Å². The van der Waals surface area contributed by atoms with E-state index in [9.17, 15) is 9.90 Å². The lowest BCUT2D eigenvalue weighted by molar-refractivity contribution is 0.112. The van der Waals surface area contributed by atoms with Crippen molar-refractivity contribution in [2.75, 3.05) is 0 Å². The lowest BCUT2D eigenvalue weighted by Gasteiger charge is -2.19. The lowest BCUT2D eigenvalue weighted by Crippen LogP contribution is -2.04. The summed E-state index contributed by atoms with van der Waals surface area (Å²) >= 11 is 3.45. The van der Waals surface area contributed by atoms with E-state index in [0.29, 0.717) is 5.56 Å². The predicted octanol–water partition coefficient (Wildman–Crippen LogP) is 6.02. The van der Waals surface area contributed by atoms with Gasteiger partial charge in [0.05, 0.1) is 5.56 Å². The van der Waals surface area contributed by atoms with Crippen molar-refractivity contribution in [2.45, 2.75) is 26.2 Å². The van der Waals surface area contributed by atoms with Crippen LogP contribution in [0.15, 0.2) is 65.1 Å². The maximum atomic E-state index is 11.6. The highest BCUT2D eigenvalue weighted by Crippen LogP contribution is 2.36. The van der Waals surface area contributed by atoms with Crippen molar-refractivity contribution in [3.63, 3.8) is 0 Å². The number of rotatable bonds is 5. The van der Waals surface area contributed by atoms with E-state index in [1.165, 1.54) is 0 Å². The van der Waals surface area contributed by atoms with E-state index in [4.69, 9.17) is 0 Å². The summed E-state index contributed by atoms with van der Waals surface area (Å²) in [5.41, 5.74) is 5.35. The molecule has 1 N–H and O–H groups in total. The standard InChI is InChI=1S/C23H21BrO2/c1-15(18-6-4-3-5-7-18)21-13-19(16(2)22(14-25)23(21)26)12-17-8-10-20(24)11-9-17/h3-11,13-15,26H,12H2,1-2H3. The molecule has 0 aliphatic rings. The van der Waals surface area contributed by atoms with Crippen molar-refractivity contribution in [1.29, 1.82) is 0 Å². The number of aldehydes is 1. The molecule has 1 unspecified atom stereocenters. The van der Waals surface area contributed by atoms with Crippen LogP contribution in [0.25, 0.3) is 0 Å². The normalized spacial score (nSPS) is 12.0. The molecule has 3 aromatic rings. The van der Waals surface area contributed by atoms with Crippen molar-refractivity contribution >= 4 is 22.2 Å². The Hall–Kier alpha value is -2.39. The number of carbonyl (C=O) groups is 1. The van der Waals surface area contributed by atoms with Crippen LogP contribution >= 0.6 is 15.9 Å². The van der Waals surface area contributed by atoms with Gasteiger partial charge in [-0.05, 0) is 47.7 Å². The molecule has 0 heterocycles. The fourth-order valence-electron chi connectivity index (χ4n) is 3.27. The van der Waals surface area contributed by atoms with Gasteiger partial charge in [0.15, 0.2) is 6.29 Å². The van der Waals surface area contributed by atoms with Gasteiger partial charge in [0.2, 0.25) is 0 Å². The highest BCUT2D eigenvalue weighted by Gasteiger charge is 2.19. The zero-order chi connectivity index (χ0) is 18.7. The maximum Gasteiger partial charge on any atom is 0.154 e. The summed E-state index contributed by atoms with van der Waals surface area (Å²) in [4.78, 5) is 11.6. The first-order valence-electron chi connectivity index (χ1n) is 8.61. The van der Waals surface area contributed by atoms with Gasteiger partial charge in [0, 0.05) is 16.0 Å². The molecule has 0 aliphatic carbocycles. The molecule has 26 heavy (non-hydrogen) atoms. The molecule has 0 saturated carbocycles. The van der Waals surface area contributed by atoms with E-state index in [-0.39, 0.29) is 11.7 Å². The summed E-state index contributed by atoms with van der Waals surface area (Å²) in [6.45, 7) is 3.95. The quantitative estimate of drug-likeness (QED) is 0.524. The Morgan fingerprint density at radius 1 is 1.08 bits per heavy atom. The summed E-state index contributed by atoms with van der Waals surface area (Å²) < 4.78 is 1.04. The van der Waals surface area contributed by atoms with E-state index in [2.05, 4.69) is 35.0 Å². The third-order valence-electron chi connectivity index (χ3n) is 4.94. The monoisotopic (exact) mass is 408 g/mol. The van der Waals surface area contributed by atoms with Crippen LogP contribution in [-0.4, -0.2) is 11.4 Å². The predicted molar refractivity (Wildman–Crippen MR) is 109 cm³/mol. The Balaban J connectivity index is 2.07. The molecule has 0 amide bonds. The number of hydrogen-bond donors (Lipinski definition) is 1. The van der Waals surface area contributed by atoms with Crippen LogP contribution in [0.4, 0.5) is 0 Å². The molecule has 1 atom stereocenters. The molecule has 0 saturated heterocycles. The molecule has 0 aliphatic heterocycles. The first-order chi connectivity index (χ1) is 12.5. The van der Waals surface area contributed by atoms with Crippen molar-refractivity contribution in [3.8, 4) is 5.75 Å². The Morgan fingerprint density at radius 3 is 2.35 bits per heavy atom. The number of halogens is 1. The zero-order valence-corrected chi connectivity index (χ0v) is 16.5. The van der Waals surface area contributed by atoms with E-state index in [0.717, 1.165) is 45.0 Å². The Bertz CT molecular complexity index is 915. The minimum absolute atomic E-state index is 0.000771. The van der Waals surface area contributed by atoms with Gasteiger partial charge in [-0.2, -0.15) is 0 Å². The van der Waals surface area contributed by atoms with Crippen LogP contribution in [0, 0.1) is 6.92 Å². The Morgan fingerprint density at radius 2 is 1.73 bits per heavy atom. The number of phenolic OH excluding ortho intramolecular Hbond substituents is 1.